The van der Waals surface area contributed by atoms with Crippen LogP contribution in [-0.4, -0.2) is 25.2 Å². The van der Waals surface area contributed by atoms with E-state index in [4.69, 9.17) is 19.5 Å². The van der Waals surface area contributed by atoms with E-state index in [2.05, 4.69) is 22.9 Å². The summed E-state index contributed by atoms with van der Waals surface area (Å²) in [7, 11) is 0. The second kappa shape index (κ2) is 11.0. The van der Waals surface area contributed by atoms with Gasteiger partial charge in [0.05, 0.1) is 11.1 Å². The molecule has 0 aliphatic rings. The van der Waals surface area contributed by atoms with Gasteiger partial charge in [-0.2, -0.15) is 5.26 Å². The summed E-state index contributed by atoms with van der Waals surface area (Å²) in [6.45, 7) is 3.62. The van der Waals surface area contributed by atoms with E-state index in [0.29, 0.717) is 11.3 Å². The van der Waals surface area contributed by atoms with Crippen LogP contribution in [-0.2, 0) is 20.7 Å². The second-order valence-corrected chi connectivity index (χ2v) is 6.70. The number of aryl methyl sites for hydroxylation is 1. The van der Waals surface area contributed by atoms with Gasteiger partial charge in [-0.15, -0.1) is 0 Å². The molecule has 2 aromatic rings. The lowest BCUT2D eigenvalue weighted by Gasteiger charge is -2.09. The Morgan fingerprint density at radius 2 is 1.97 bits per heavy atom. The molecule has 0 aliphatic carbocycles. The van der Waals surface area contributed by atoms with Crippen molar-refractivity contribution in [1.29, 1.82) is 5.26 Å². The number of halogens is 1. The van der Waals surface area contributed by atoms with Crippen LogP contribution in [0.3, 0.4) is 0 Å². The van der Waals surface area contributed by atoms with Crippen molar-refractivity contribution in [2.24, 2.45) is 0 Å². The first-order valence-corrected chi connectivity index (χ1v) is 9.77. The van der Waals surface area contributed by atoms with E-state index in [0.717, 1.165) is 16.5 Å². The normalized spacial score (nSPS) is 10.8. The first-order chi connectivity index (χ1) is 14.0. The van der Waals surface area contributed by atoms with Crippen LogP contribution in [0, 0.1) is 11.3 Å². The number of nitrogens with zero attached hydrogens (tertiary/aromatic N) is 1. The summed E-state index contributed by atoms with van der Waals surface area (Å²) in [6, 6.07) is 13.9. The Kier molecular flexibility index (Phi) is 8.44. The van der Waals surface area contributed by atoms with Crippen LogP contribution in [0.5, 0.6) is 11.5 Å². The minimum atomic E-state index is -0.703. The quantitative estimate of drug-likeness (QED) is 0.251. The van der Waals surface area contributed by atoms with E-state index in [1.165, 1.54) is 6.08 Å². The van der Waals surface area contributed by atoms with Crippen molar-refractivity contribution in [1.82, 2.24) is 0 Å². The van der Waals surface area contributed by atoms with Crippen molar-refractivity contribution < 1.29 is 23.8 Å². The van der Waals surface area contributed by atoms with Gasteiger partial charge in [-0.1, -0.05) is 25.1 Å². The Labute approximate surface area is 177 Å². The van der Waals surface area contributed by atoms with E-state index < -0.39 is 11.9 Å². The molecule has 0 amide bonds. The topological polar surface area (TPSA) is 85.6 Å². The van der Waals surface area contributed by atoms with Crippen molar-refractivity contribution >= 4 is 33.9 Å². The number of esters is 2. The third-order valence-corrected chi connectivity index (χ3v) is 4.39. The van der Waals surface area contributed by atoms with Crippen LogP contribution < -0.4 is 9.47 Å². The largest absolute Gasteiger partial charge is 0.481 e. The molecular weight excluding hydrogens is 438 g/mol. The van der Waals surface area contributed by atoms with E-state index in [9.17, 15) is 9.59 Å². The van der Waals surface area contributed by atoms with Crippen LogP contribution in [0.15, 0.2) is 52.5 Å². The fourth-order valence-electron chi connectivity index (χ4n) is 2.36. The zero-order chi connectivity index (χ0) is 21.2. The molecule has 0 fully saturated rings. The van der Waals surface area contributed by atoms with E-state index in [-0.39, 0.29) is 24.5 Å². The van der Waals surface area contributed by atoms with E-state index in [1.54, 1.807) is 43.3 Å². The van der Waals surface area contributed by atoms with E-state index >= 15 is 0 Å². The van der Waals surface area contributed by atoms with Crippen molar-refractivity contribution in [3.63, 3.8) is 0 Å². The van der Waals surface area contributed by atoms with Gasteiger partial charge in [-0.05, 0) is 70.7 Å². The molecule has 0 heterocycles. The predicted octanol–water partition coefficient (Wildman–Crippen LogP) is 4.47. The molecule has 0 saturated heterocycles. The molecule has 0 aromatic heterocycles. The molecule has 0 unspecified atom stereocenters. The predicted molar refractivity (Wildman–Crippen MR) is 111 cm³/mol. The molecule has 0 atom stereocenters. The Balaban J connectivity index is 2.01. The summed E-state index contributed by atoms with van der Waals surface area (Å²) < 4.78 is 16.4. The molecule has 0 bridgehead atoms. The smallest absolute Gasteiger partial charge is 0.349 e. The van der Waals surface area contributed by atoms with Crippen molar-refractivity contribution in [2.75, 3.05) is 13.2 Å². The first-order valence-electron chi connectivity index (χ1n) is 8.97. The Morgan fingerprint density at radius 3 is 2.62 bits per heavy atom. The molecule has 6 nitrogen and oxygen atoms in total. The lowest BCUT2D eigenvalue weighted by atomic mass is 10.1. The van der Waals surface area contributed by atoms with Crippen molar-refractivity contribution in [3.8, 4) is 17.6 Å². The monoisotopic (exact) mass is 457 g/mol. The maximum absolute atomic E-state index is 12.1. The number of hydrogen-bond donors (Lipinski definition) is 0. The second-order valence-electron chi connectivity index (χ2n) is 5.84. The molecule has 0 saturated carbocycles. The Morgan fingerprint density at radius 1 is 1.17 bits per heavy atom. The zero-order valence-corrected chi connectivity index (χ0v) is 17.7. The van der Waals surface area contributed by atoms with Gasteiger partial charge in [0.1, 0.15) is 23.1 Å². The summed E-state index contributed by atoms with van der Waals surface area (Å²) in [6.07, 6.45) is 2.27. The highest BCUT2D eigenvalue weighted by Crippen LogP contribution is 2.26. The maximum Gasteiger partial charge on any atom is 0.349 e. The molecule has 29 heavy (non-hydrogen) atoms. The highest BCUT2D eigenvalue weighted by Gasteiger charge is 2.11. The number of nitriles is 1. The van der Waals surface area contributed by atoms with Crippen molar-refractivity contribution in [2.45, 2.75) is 20.3 Å². The van der Waals surface area contributed by atoms with Gasteiger partial charge in [-0.3, -0.25) is 0 Å². The molecule has 2 rings (SSSR count). The van der Waals surface area contributed by atoms with Gasteiger partial charge in [0.15, 0.2) is 6.61 Å². The van der Waals surface area contributed by atoms with E-state index in [1.807, 2.05) is 12.1 Å². The average molecular weight is 458 g/mol. The van der Waals surface area contributed by atoms with Crippen LogP contribution in [0.1, 0.15) is 25.0 Å². The third kappa shape index (κ3) is 6.77. The van der Waals surface area contributed by atoms with Crippen molar-refractivity contribution in [3.05, 3.63) is 63.6 Å². The van der Waals surface area contributed by atoms with Crippen LogP contribution in [0.25, 0.3) is 6.08 Å². The van der Waals surface area contributed by atoms with Gasteiger partial charge in [0.25, 0.3) is 0 Å². The Hall–Kier alpha value is -3.11. The fourth-order valence-corrected chi connectivity index (χ4v) is 2.90. The third-order valence-electron chi connectivity index (χ3n) is 3.77. The number of hydrogen-bond acceptors (Lipinski definition) is 6. The summed E-state index contributed by atoms with van der Waals surface area (Å²) >= 11 is 3.42. The standard InChI is InChI=1S/C22H20BrNO5/c1-3-15-8-9-20(19(23)12-15)28-14-21(25)29-18-7-5-6-16(11-18)10-17(13-24)22(26)27-4-2/h5-12H,3-4,14H2,1-2H3/b17-10+. The van der Waals surface area contributed by atoms with Crippen LogP contribution in [0.2, 0.25) is 0 Å². The highest BCUT2D eigenvalue weighted by molar-refractivity contribution is 9.10. The zero-order valence-electron chi connectivity index (χ0n) is 16.1. The number of carbonyl (C=O) groups is 2. The first kappa shape index (κ1) is 22.2. The van der Waals surface area contributed by atoms with Gasteiger partial charge in [-0.25, -0.2) is 9.59 Å². The number of rotatable bonds is 8. The van der Waals surface area contributed by atoms with Gasteiger partial charge >= 0.3 is 11.9 Å². The Bertz CT molecular complexity index is 962. The number of benzene rings is 2. The molecule has 150 valence electrons. The molecule has 0 radical (unpaired) electrons. The molecule has 0 spiro atoms. The number of carbonyl (C=O) groups excluding carboxylic acids is 2. The fraction of sp³-hybridized carbons (Fsp3) is 0.227. The summed E-state index contributed by atoms with van der Waals surface area (Å²) in [4.78, 5) is 23.8. The summed E-state index contributed by atoms with van der Waals surface area (Å²) in [5, 5.41) is 9.11. The number of ether oxygens (including phenoxy) is 3. The maximum atomic E-state index is 12.1. The minimum absolute atomic E-state index is 0.140. The average Bonchev–Trinajstić information content (AvgIpc) is 2.71. The molecular formula is C22H20BrNO5. The summed E-state index contributed by atoms with van der Waals surface area (Å²) in [5.41, 5.74) is 1.54. The van der Waals surface area contributed by atoms with Gasteiger partial charge in [0.2, 0.25) is 0 Å². The lowest BCUT2D eigenvalue weighted by molar-refractivity contribution is -0.138. The molecule has 2 aromatic carbocycles. The molecule has 0 aliphatic heterocycles. The molecule has 0 N–H and O–H groups in total. The molecule has 7 heteroatoms. The highest BCUT2D eigenvalue weighted by atomic mass is 79.9. The van der Waals surface area contributed by atoms with Crippen LogP contribution >= 0.6 is 15.9 Å². The minimum Gasteiger partial charge on any atom is -0.481 e. The lowest BCUT2D eigenvalue weighted by Crippen LogP contribution is -2.17. The summed E-state index contributed by atoms with van der Waals surface area (Å²) in [5.74, 6) is -0.466. The van der Waals surface area contributed by atoms with Gasteiger partial charge in [0, 0.05) is 0 Å². The SMILES string of the molecule is CCOC(=O)/C(C#N)=C/c1cccc(OC(=O)COc2ccc(CC)cc2Br)c1. The van der Waals surface area contributed by atoms with Crippen LogP contribution in [0.4, 0.5) is 0 Å². The van der Waals surface area contributed by atoms with Gasteiger partial charge < -0.3 is 14.2 Å².